The van der Waals surface area contributed by atoms with E-state index >= 15 is 0 Å². The maximum atomic E-state index is 10.8. The number of hydrogen-bond acceptors (Lipinski definition) is 4. The van der Waals surface area contributed by atoms with Crippen LogP contribution in [0, 0.1) is 5.92 Å². The molecule has 1 saturated carbocycles. The lowest BCUT2D eigenvalue weighted by Gasteiger charge is -2.27. The van der Waals surface area contributed by atoms with Crippen molar-refractivity contribution in [2.45, 2.75) is 38.1 Å². The van der Waals surface area contributed by atoms with E-state index in [9.17, 15) is 13.2 Å². The van der Waals surface area contributed by atoms with E-state index < -0.39 is 16.0 Å². The molecule has 0 aromatic heterocycles. The van der Waals surface area contributed by atoms with E-state index in [0.717, 1.165) is 19.3 Å². The molecule has 0 radical (unpaired) electrons. The van der Waals surface area contributed by atoms with Crippen LogP contribution in [-0.4, -0.2) is 37.8 Å². The lowest BCUT2D eigenvalue weighted by atomic mass is 9.86. The van der Waals surface area contributed by atoms with Gasteiger partial charge in [0.2, 0.25) is 10.0 Å². The molecule has 0 spiro atoms. The average molecular weight is 264 g/mol. The Morgan fingerprint density at radius 2 is 2.12 bits per heavy atom. The second kappa shape index (κ2) is 6.32. The fraction of sp³-hybridized carbons (Fsp3) is 0.900. The number of nitrogens with one attached hydrogen (secondary N) is 1. The molecular formula is C10H20N2O4S. The average Bonchev–Trinajstić information content (AvgIpc) is 2.23. The fourth-order valence-corrected chi connectivity index (χ4v) is 2.73. The van der Waals surface area contributed by atoms with Crippen molar-refractivity contribution in [2.24, 2.45) is 11.1 Å². The summed E-state index contributed by atoms with van der Waals surface area (Å²) in [5.41, 5.74) is 0. The fourth-order valence-electron chi connectivity index (χ4n) is 2.18. The molecule has 7 heteroatoms. The molecule has 0 aromatic carbocycles. The van der Waals surface area contributed by atoms with Crippen LogP contribution in [0.5, 0.6) is 0 Å². The SMILES string of the molecule is NS(=O)(=O)CCCNC1CCCC(C(=O)O)C1. The van der Waals surface area contributed by atoms with Crippen LogP contribution in [0.15, 0.2) is 0 Å². The number of nitrogens with two attached hydrogens (primary N) is 1. The minimum atomic E-state index is -3.39. The molecule has 0 amide bonds. The zero-order valence-corrected chi connectivity index (χ0v) is 10.6. The van der Waals surface area contributed by atoms with Crippen molar-refractivity contribution in [3.05, 3.63) is 0 Å². The lowest BCUT2D eigenvalue weighted by molar-refractivity contribution is -0.143. The molecule has 0 bridgehead atoms. The van der Waals surface area contributed by atoms with Gasteiger partial charge in [0.15, 0.2) is 0 Å². The smallest absolute Gasteiger partial charge is 0.306 e. The monoisotopic (exact) mass is 264 g/mol. The zero-order valence-electron chi connectivity index (χ0n) is 9.76. The zero-order chi connectivity index (χ0) is 12.9. The summed E-state index contributed by atoms with van der Waals surface area (Å²) in [5.74, 6) is -1.03. The van der Waals surface area contributed by atoms with Crippen molar-refractivity contribution >= 4 is 16.0 Å². The first-order chi connectivity index (χ1) is 7.88. The summed E-state index contributed by atoms with van der Waals surface area (Å²) in [6, 6.07) is 0.185. The Labute approximate surface area is 102 Å². The molecule has 0 saturated heterocycles. The summed E-state index contributed by atoms with van der Waals surface area (Å²) in [7, 11) is -3.39. The largest absolute Gasteiger partial charge is 0.481 e. The van der Waals surface area contributed by atoms with Gasteiger partial charge >= 0.3 is 5.97 Å². The highest BCUT2D eigenvalue weighted by Crippen LogP contribution is 2.24. The summed E-state index contributed by atoms with van der Waals surface area (Å²) >= 11 is 0. The first-order valence-electron chi connectivity index (χ1n) is 5.85. The Balaban J connectivity index is 2.21. The molecule has 4 N–H and O–H groups in total. The van der Waals surface area contributed by atoms with Gasteiger partial charge in [-0.15, -0.1) is 0 Å². The van der Waals surface area contributed by atoms with Crippen molar-refractivity contribution in [1.82, 2.24) is 5.32 Å². The molecule has 0 aromatic rings. The lowest BCUT2D eigenvalue weighted by Crippen LogP contribution is -2.37. The van der Waals surface area contributed by atoms with Crippen molar-refractivity contribution in [3.63, 3.8) is 0 Å². The Bertz CT molecular complexity index is 355. The molecule has 1 aliphatic rings. The standard InChI is InChI=1S/C10H20N2O4S/c11-17(15,16)6-2-5-12-9-4-1-3-8(7-9)10(13)14/h8-9,12H,1-7H2,(H,13,14)(H2,11,15,16). The molecule has 17 heavy (non-hydrogen) atoms. The van der Waals surface area contributed by atoms with Crippen LogP contribution in [0.4, 0.5) is 0 Å². The van der Waals surface area contributed by atoms with Crippen LogP contribution in [0.2, 0.25) is 0 Å². The summed E-state index contributed by atoms with van der Waals surface area (Å²) < 4.78 is 21.4. The normalized spacial score (nSPS) is 25.7. The maximum absolute atomic E-state index is 10.8. The highest BCUT2D eigenvalue weighted by atomic mass is 32.2. The first-order valence-corrected chi connectivity index (χ1v) is 7.56. The van der Waals surface area contributed by atoms with E-state index in [4.69, 9.17) is 10.2 Å². The van der Waals surface area contributed by atoms with E-state index in [1.54, 1.807) is 0 Å². The molecule has 6 nitrogen and oxygen atoms in total. The van der Waals surface area contributed by atoms with Gasteiger partial charge in [0.05, 0.1) is 11.7 Å². The van der Waals surface area contributed by atoms with Gasteiger partial charge in [-0.2, -0.15) is 0 Å². The third kappa shape index (κ3) is 5.99. The number of carboxylic acids is 1. The number of carboxylic acid groups (broad SMARTS) is 1. The molecule has 1 fully saturated rings. The third-order valence-corrected chi connectivity index (χ3v) is 3.92. The van der Waals surface area contributed by atoms with Gasteiger partial charge in [-0.05, 0) is 32.2 Å². The predicted molar refractivity (Wildman–Crippen MR) is 64.0 cm³/mol. The Morgan fingerprint density at radius 1 is 1.41 bits per heavy atom. The van der Waals surface area contributed by atoms with E-state index in [2.05, 4.69) is 5.32 Å². The van der Waals surface area contributed by atoms with E-state index in [0.29, 0.717) is 19.4 Å². The van der Waals surface area contributed by atoms with Gasteiger partial charge in [-0.3, -0.25) is 4.79 Å². The number of primary sulfonamides is 1. The third-order valence-electron chi connectivity index (χ3n) is 3.06. The van der Waals surface area contributed by atoms with Gasteiger partial charge in [-0.25, -0.2) is 13.6 Å². The minimum absolute atomic E-state index is 0.0327. The number of carbonyl (C=O) groups is 1. The predicted octanol–water partition coefficient (Wildman–Crippen LogP) is -0.102. The van der Waals surface area contributed by atoms with Crippen LogP contribution >= 0.6 is 0 Å². The number of sulfonamides is 1. The molecule has 1 rings (SSSR count). The Kier molecular flexibility index (Phi) is 5.35. The van der Waals surface area contributed by atoms with Crippen LogP contribution in [-0.2, 0) is 14.8 Å². The van der Waals surface area contributed by atoms with Gasteiger partial charge < -0.3 is 10.4 Å². The summed E-state index contributed by atoms with van der Waals surface area (Å²) in [4.78, 5) is 10.8. The molecule has 2 unspecified atom stereocenters. The number of rotatable bonds is 6. The van der Waals surface area contributed by atoms with Gasteiger partial charge in [0.1, 0.15) is 0 Å². The molecular weight excluding hydrogens is 244 g/mol. The van der Waals surface area contributed by atoms with Crippen LogP contribution in [0.3, 0.4) is 0 Å². The highest BCUT2D eigenvalue weighted by molar-refractivity contribution is 7.89. The van der Waals surface area contributed by atoms with E-state index in [1.807, 2.05) is 0 Å². The van der Waals surface area contributed by atoms with Crippen molar-refractivity contribution in [1.29, 1.82) is 0 Å². The summed E-state index contributed by atoms with van der Waals surface area (Å²) in [6.45, 7) is 0.563. The quantitative estimate of drug-likeness (QED) is 0.580. The Hall–Kier alpha value is -0.660. The molecule has 0 heterocycles. The second-order valence-corrected chi connectivity index (χ2v) is 6.31. The van der Waals surface area contributed by atoms with E-state index in [1.165, 1.54) is 0 Å². The minimum Gasteiger partial charge on any atom is -0.481 e. The summed E-state index contributed by atoms with van der Waals surface area (Å²) in [5, 5.41) is 17.0. The topological polar surface area (TPSA) is 109 Å². The first kappa shape index (κ1) is 14.4. The second-order valence-electron chi connectivity index (χ2n) is 4.57. The van der Waals surface area contributed by atoms with Crippen LogP contribution in [0.25, 0.3) is 0 Å². The van der Waals surface area contributed by atoms with Crippen LogP contribution in [0.1, 0.15) is 32.1 Å². The molecule has 1 aliphatic carbocycles. The van der Waals surface area contributed by atoms with Gasteiger partial charge in [0.25, 0.3) is 0 Å². The highest BCUT2D eigenvalue weighted by Gasteiger charge is 2.26. The number of aliphatic carboxylic acids is 1. The molecule has 0 aliphatic heterocycles. The summed E-state index contributed by atoms with van der Waals surface area (Å²) in [6.07, 6.45) is 3.70. The Morgan fingerprint density at radius 3 is 2.71 bits per heavy atom. The van der Waals surface area contributed by atoms with Crippen LogP contribution < -0.4 is 10.5 Å². The van der Waals surface area contributed by atoms with Crippen molar-refractivity contribution in [3.8, 4) is 0 Å². The van der Waals surface area contributed by atoms with Crippen molar-refractivity contribution < 1.29 is 18.3 Å². The molecule has 100 valence electrons. The van der Waals surface area contributed by atoms with Crippen molar-refractivity contribution in [2.75, 3.05) is 12.3 Å². The number of hydrogen-bond donors (Lipinski definition) is 3. The maximum Gasteiger partial charge on any atom is 0.306 e. The molecule has 2 atom stereocenters. The van der Waals surface area contributed by atoms with Gasteiger partial charge in [0, 0.05) is 6.04 Å². The van der Waals surface area contributed by atoms with E-state index in [-0.39, 0.29) is 17.7 Å². The van der Waals surface area contributed by atoms with Gasteiger partial charge in [-0.1, -0.05) is 6.42 Å².